The summed E-state index contributed by atoms with van der Waals surface area (Å²) in [5.41, 5.74) is 0. The average Bonchev–Trinajstić information content (AvgIpc) is 1.72. The highest BCUT2D eigenvalue weighted by Gasteiger charge is 1.97. The Morgan fingerprint density at radius 3 is 2.83 bits per heavy atom. The van der Waals surface area contributed by atoms with Gasteiger partial charge in [-0.15, -0.1) is 0 Å². The van der Waals surface area contributed by atoms with Crippen molar-refractivity contribution in [3.63, 3.8) is 0 Å². The van der Waals surface area contributed by atoms with Gasteiger partial charge in [0.05, 0.1) is 0 Å². The second kappa shape index (κ2) is 1.78. The molecule has 0 saturated carbocycles. The Balaban J connectivity index is 2.36. The molecule has 0 aliphatic carbocycles. The van der Waals surface area contributed by atoms with Crippen LogP contribution in [0.15, 0.2) is 0 Å². The fourth-order valence-corrected chi connectivity index (χ4v) is 0.353. The summed E-state index contributed by atoms with van der Waals surface area (Å²) in [6.07, 6.45) is 0. The van der Waals surface area contributed by atoms with Gasteiger partial charge in [0.2, 0.25) is 0 Å². The Labute approximate surface area is 36.5 Å². The van der Waals surface area contributed by atoms with Gasteiger partial charge in [-0.1, -0.05) is 4.85 Å². The van der Waals surface area contributed by atoms with Crippen molar-refractivity contribution in [2.45, 2.75) is 0 Å². The summed E-state index contributed by atoms with van der Waals surface area (Å²) in [7, 11) is 0. The van der Waals surface area contributed by atoms with E-state index in [2.05, 4.69) is 10.9 Å². The van der Waals surface area contributed by atoms with Crippen LogP contribution in [0.25, 0.3) is 4.85 Å². The third-order valence-electron chi connectivity index (χ3n) is 0.626. The lowest BCUT2D eigenvalue weighted by molar-refractivity contribution is 0.174. The molecule has 0 aromatic heterocycles. The lowest BCUT2D eigenvalue weighted by atomic mass is 10.6. The molecule has 1 aliphatic rings. The lowest BCUT2D eigenvalue weighted by Gasteiger charge is -1.87. The molecular weight excluding hydrogens is 78.0 g/mol. The maximum atomic E-state index is 4.86. The first-order chi connectivity index (χ1) is 3.00. The van der Waals surface area contributed by atoms with Crippen LogP contribution in [0.3, 0.4) is 0 Å². The Morgan fingerprint density at radius 1 is 1.67 bits per heavy atom. The van der Waals surface area contributed by atoms with Crippen LogP contribution >= 0.6 is 0 Å². The zero-order chi connectivity index (χ0) is 4.24. The van der Waals surface area contributed by atoms with E-state index < -0.39 is 0 Å². The molecule has 0 N–H and O–H groups in total. The lowest BCUT2D eigenvalue weighted by Crippen LogP contribution is -2.00. The number of hydrogen-bond donors (Lipinski definition) is 0. The third-order valence-corrected chi connectivity index (χ3v) is 0.626. The van der Waals surface area contributed by atoms with Gasteiger partial charge in [-0.25, -0.2) is 0 Å². The first kappa shape index (κ1) is 3.63. The summed E-state index contributed by atoms with van der Waals surface area (Å²) in [4.78, 5) is 3.80. The Morgan fingerprint density at radius 2 is 2.67 bits per heavy atom. The van der Waals surface area contributed by atoms with Gasteiger partial charge in [0.25, 0.3) is 6.54 Å². The molecule has 0 saturated heterocycles. The zero-order valence-corrected chi connectivity index (χ0v) is 3.48. The van der Waals surface area contributed by atoms with E-state index in [1.54, 1.807) is 0 Å². The van der Waals surface area contributed by atoms with Crippen molar-refractivity contribution < 1.29 is 4.74 Å². The summed E-state index contributed by atoms with van der Waals surface area (Å²) in [5.74, 6) is 0. The monoisotopic (exact) mass is 84.0 g/mol. The van der Waals surface area contributed by atoms with Crippen LogP contribution in [0.5, 0.6) is 0 Å². The molecule has 1 rings (SSSR count). The second-order valence-corrected chi connectivity index (χ2v) is 1.09. The molecule has 0 bridgehead atoms. The third kappa shape index (κ3) is 0.697. The van der Waals surface area contributed by atoms with E-state index >= 15 is 0 Å². The van der Waals surface area contributed by atoms with Crippen LogP contribution in [-0.4, -0.2) is 19.8 Å². The van der Waals surface area contributed by atoms with Crippen LogP contribution in [0.4, 0.5) is 0 Å². The average molecular weight is 84.1 g/mol. The predicted molar refractivity (Wildman–Crippen MR) is 22.9 cm³/mol. The van der Waals surface area contributed by atoms with Crippen LogP contribution in [-0.2, 0) is 4.74 Å². The fraction of sp³-hybridized carbons (Fsp3) is 0.750. The highest BCUT2D eigenvalue weighted by atomic mass is 16.5. The van der Waals surface area contributed by atoms with E-state index in [1.807, 2.05) is 0 Å². The van der Waals surface area contributed by atoms with E-state index in [0.717, 1.165) is 13.2 Å². The van der Waals surface area contributed by atoms with E-state index in [-0.39, 0.29) is 0 Å². The summed E-state index contributed by atoms with van der Waals surface area (Å²) in [6, 6.07) is 2.69. The van der Waals surface area contributed by atoms with Crippen molar-refractivity contribution in [2.24, 2.45) is 0 Å². The first-order valence-corrected chi connectivity index (χ1v) is 1.97. The molecule has 0 amide bonds. The highest BCUT2D eigenvalue weighted by Crippen LogP contribution is 1.80. The van der Waals surface area contributed by atoms with Gasteiger partial charge in [-0.05, 0) is 0 Å². The quantitative estimate of drug-likeness (QED) is 0.413. The van der Waals surface area contributed by atoms with E-state index in [1.165, 1.54) is 0 Å². The van der Waals surface area contributed by atoms with Crippen LogP contribution < -0.4 is 0 Å². The number of nitrogens with zero attached hydrogens (tertiary/aromatic N) is 1. The summed E-state index contributed by atoms with van der Waals surface area (Å²) in [6.45, 7) is 2.15. The summed E-state index contributed by atoms with van der Waals surface area (Å²) < 4.78 is 4.86. The SMILES string of the molecule is C1#[N+]CCOC1. The number of rotatable bonds is 0. The molecule has 0 aromatic rings. The van der Waals surface area contributed by atoms with Crippen molar-refractivity contribution in [3.05, 3.63) is 4.85 Å². The molecule has 0 spiro atoms. The molecule has 1 heterocycles. The standard InChI is InChI=1S/C4H6NO/c1-3-6-4-2-5-1/h1,3-4H2/q+1. The van der Waals surface area contributed by atoms with Crippen molar-refractivity contribution in [2.75, 3.05) is 19.8 Å². The highest BCUT2D eigenvalue weighted by molar-refractivity contribution is 4.88. The Bertz CT molecular complexity index is 79.5. The molecule has 0 unspecified atom stereocenters. The molecule has 2 heteroatoms. The normalized spacial score (nSPS) is 18.7. The molecule has 2 nitrogen and oxygen atoms in total. The molecule has 32 valence electrons. The van der Waals surface area contributed by atoms with Crippen molar-refractivity contribution in [1.29, 1.82) is 0 Å². The molecule has 6 heavy (non-hydrogen) atoms. The maximum Gasteiger partial charge on any atom is 0.301 e. The topological polar surface area (TPSA) is 13.6 Å². The molecule has 0 fully saturated rings. The molecule has 0 aromatic carbocycles. The van der Waals surface area contributed by atoms with Gasteiger partial charge < -0.3 is 4.74 Å². The minimum atomic E-state index is 0.583. The van der Waals surface area contributed by atoms with Crippen molar-refractivity contribution in [3.8, 4) is 6.07 Å². The van der Waals surface area contributed by atoms with Gasteiger partial charge >= 0.3 is 6.07 Å². The van der Waals surface area contributed by atoms with Gasteiger partial charge in [0, 0.05) is 0 Å². The number of ether oxygens (including phenoxy) is 1. The van der Waals surface area contributed by atoms with E-state index in [9.17, 15) is 0 Å². The van der Waals surface area contributed by atoms with Gasteiger partial charge in [0.1, 0.15) is 6.61 Å². The minimum Gasteiger partial charge on any atom is -0.354 e. The van der Waals surface area contributed by atoms with Crippen molar-refractivity contribution >= 4 is 0 Å². The predicted octanol–water partition coefficient (Wildman–Crippen LogP) is 0.350. The maximum absolute atomic E-state index is 4.86. The fourth-order valence-electron chi connectivity index (χ4n) is 0.353. The number of hydrogen-bond acceptors (Lipinski definition) is 1. The van der Waals surface area contributed by atoms with Gasteiger partial charge in [0.15, 0.2) is 6.61 Å². The Kier molecular flexibility index (Phi) is 1.08. The molecule has 0 atom stereocenters. The van der Waals surface area contributed by atoms with Gasteiger partial charge in [-0.2, -0.15) is 0 Å². The minimum absolute atomic E-state index is 0.583. The molecule has 0 radical (unpaired) electrons. The van der Waals surface area contributed by atoms with E-state index in [4.69, 9.17) is 4.74 Å². The zero-order valence-electron chi connectivity index (χ0n) is 3.48. The smallest absolute Gasteiger partial charge is 0.301 e. The second-order valence-electron chi connectivity index (χ2n) is 1.09. The van der Waals surface area contributed by atoms with Crippen LogP contribution in [0.1, 0.15) is 0 Å². The van der Waals surface area contributed by atoms with Crippen molar-refractivity contribution in [1.82, 2.24) is 0 Å². The van der Waals surface area contributed by atoms with Crippen LogP contribution in [0.2, 0.25) is 0 Å². The Hall–Kier alpha value is -0.550. The first-order valence-electron chi connectivity index (χ1n) is 1.97. The summed E-state index contributed by atoms with van der Waals surface area (Å²) in [5, 5.41) is 0. The molecule has 1 aliphatic heterocycles. The largest absolute Gasteiger partial charge is 0.354 e. The molecular formula is C4H6NO+. The van der Waals surface area contributed by atoms with Gasteiger partial charge in [-0.3, -0.25) is 0 Å². The van der Waals surface area contributed by atoms with Crippen LogP contribution in [0, 0.1) is 6.07 Å². The van der Waals surface area contributed by atoms with E-state index in [0.29, 0.717) is 6.61 Å². The summed E-state index contributed by atoms with van der Waals surface area (Å²) >= 11 is 0.